The molecule has 6 nitrogen and oxygen atoms in total. The minimum absolute atomic E-state index is 0.0399. The summed E-state index contributed by atoms with van der Waals surface area (Å²) in [6.07, 6.45) is 3.45. The van der Waals surface area contributed by atoms with Crippen molar-refractivity contribution in [2.45, 2.75) is 39.8 Å². The van der Waals surface area contributed by atoms with Gasteiger partial charge in [0.1, 0.15) is 5.75 Å². The lowest BCUT2D eigenvalue weighted by Crippen LogP contribution is -2.31. The number of nitrogens with zero attached hydrogens (tertiary/aromatic N) is 2. The Labute approximate surface area is 182 Å². The van der Waals surface area contributed by atoms with Gasteiger partial charge in [-0.15, -0.1) is 0 Å². The van der Waals surface area contributed by atoms with Crippen molar-refractivity contribution in [2.24, 2.45) is 0 Å². The molecule has 2 heterocycles. The number of phenols is 1. The minimum atomic E-state index is -0.216. The lowest BCUT2D eigenvalue weighted by Gasteiger charge is -2.26. The molecule has 1 N–H and O–H groups in total. The number of amides is 1. The second-order valence-corrected chi connectivity index (χ2v) is 8.06. The number of benzene rings is 2. The molecule has 0 atom stereocenters. The Bertz CT molecular complexity index is 1100. The zero-order chi connectivity index (χ0) is 22.0. The summed E-state index contributed by atoms with van der Waals surface area (Å²) in [5.41, 5.74) is 3.70. The first-order valence-corrected chi connectivity index (χ1v) is 10.3. The van der Waals surface area contributed by atoms with Gasteiger partial charge in [-0.25, -0.2) is 0 Å². The summed E-state index contributed by atoms with van der Waals surface area (Å²) >= 11 is 0. The molecule has 31 heavy (non-hydrogen) atoms. The summed E-state index contributed by atoms with van der Waals surface area (Å²) in [5, 5.41) is 10.8. The second kappa shape index (κ2) is 8.68. The number of ether oxygens (including phenoxy) is 2. The molecule has 160 valence electrons. The van der Waals surface area contributed by atoms with Gasteiger partial charge in [0.2, 0.25) is 6.79 Å². The van der Waals surface area contributed by atoms with Crippen LogP contribution >= 0.6 is 0 Å². The topological polar surface area (TPSA) is 71.9 Å². The lowest BCUT2D eigenvalue weighted by molar-refractivity contribution is 0.0725. The largest absolute Gasteiger partial charge is 0.507 e. The van der Waals surface area contributed by atoms with Gasteiger partial charge in [-0.05, 0) is 53.3 Å². The number of phenolic OH excluding ortho intramolecular Hbond substituents is 1. The van der Waals surface area contributed by atoms with E-state index >= 15 is 0 Å². The molecule has 0 unspecified atom stereocenters. The fraction of sp³-hybridized carbons (Fsp3) is 0.280. The highest BCUT2D eigenvalue weighted by Crippen LogP contribution is 2.35. The molecular weight excluding hydrogens is 392 g/mol. The molecule has 1 amide bonds. The van der Waals surface area contributed by atoms with Crippen LogP contribution in [-0.4, -0.2) is 27.7 Å². The molecule has 0 fully saturated rings. The Morgan fingerprint density at radius 3 is 2.61 bits per heavy atom. The smallest absolute Gasteiger partial charge is 0.258 e. The number of carbonyl (C=O) groups excluding carboxylic acids is 1. The van der Waals surface area contributed by atoms with Gasteiger partial charge in [-0.1, -0.05) is 38.1 Å². The fourth-order valence-corrected chi connectivity index (χ4v) is 3.75. The third-order valence-corrected chi connectivity index (χ3v) is 5.44. The van der Waals surface area contributed by atoms with Gasteiger partial charge in [0.15, 0.2) is 11.5 Å². The van der Waals surface area contributed by atoms with Crippen molar-refractivity contribution in [3.63, 3.8) is 0 Å². The van der Waals surface area contributed by atoms with Gasteiger partial charge in [0, 0.05) is 25.5 Å². The summed E-state index contributed by atoms with van der Waals surface area (Å²) in [6, 6.07) is 13.2. The molecule has 0 bridgehead atoms. The van der Waals surface area contributed by atoms with E-state index < -0.39 is 0 Å². The quantitative estimate of drug-likeness (QED) is 0.623. The summed E-state index contributed by atoms with van der Waals surface area (Å²) in [4.78, 5) is 19.7. The van der Waals surface area contributed by atoms with Crippen LogP contribution < -0.4 is 9.47 Å². The highest BCUT2D eigenvalue weighted by Gasteiger charge is 2.26. The Morgan fingerprint density at radius 1 is 1.10 bits per heavy atom. The summed E-state index contributed by atoms with van der Waals surface area (Å²) in [6.45, 7) is 6.77. The number of rotatable bonds is 6. The van der Waals surface area contributed by atoms with Gasteiger partial charge in [-0.2, -0.15) is 0 Å². The molecule has 0 saturated heterocycles. The zero-order valence-corrected chi connectivity index (χ0v) is 18.0. The fourth-order valence-electron chi connectivity index (χ4n) is 3.75. The summed E-state index contributed by atoms with van der Waals surface area (Å²) in [5.74, 6) is 1.29. The Balaban J connectivity index is 1.72. The van der Waals surface area contributed by atoms with E-state index in [0.29, 0.717) is 35.7 Å². The number of hydrogen-bond donors (Lipinski definition) is 1. The molecule has 1 aromatic heterocycles. The van der Waals surface area contributed by atoms with E-state index in [0.717, 1.165) is 16.7 Å². The lowest BCUT2D eigenvalue weighted by atomic mass is 9.93. The molecule has 1 aliphatic rings. The average molecular weight is 418 g/mol. The van der Waals surface area contributed by atoms with Crippen LogP contribution in [0.4, 0.5) is 0 Å². The standard InChI is InChI=1S/C25H26N2O4/c1-16(2)20-8-6-17(3)24(28)23(20)25(29)27(14-19-5-4-10-26-12-19)13-18-7-9-21-22(11-18)31-15-30-21/h4-12,16,28H,13-15H2,1-3H3. The number of pyridine rings is 1. The second-order valence-electron chi connectivity index (χ2n) is 8.06. The van der Waals surface area contributed by atoms with Crippen molar-refractivity contribution < 1.29 is 19.4 Å². The minimum Gasteiger partial charge on any atom is -0.507 e. The molecule has 1 aliphatic heterocycles. The third-order valence-electron chi connectivity index (χ3n) is 5.44. The van der Waals surface area contributed by atoms with Gasteiger partial charge in [-0.3, -0.25) is 9.78 Å². The molecule has 2 aromatic carbocycles. The maximum Gasteiger partial charge on any atom is 0.258 e. The van der Waals surface area contributed by atoms with Gasteiger partial charge < -0.3 is 19.5 Å². The highest BCUT2D eigenvalue weighted by atomic mass is 16.7. The Kier molecular flexibility index (Phi) is 5.80. The monoisotopic (exact) mass is 418 g/mol. The molecule has 6 heteroatoms. The van der Waals surface area contributed by atoms with Crippen LogP contribution in [0.15, 0.2) is 54.9 Å². The number of aromatic nitrogens is 1. The van der Waals surface area contributed by atoms with E-state index in [4.69, 9.17) is 9.47 Å². The summed E-state index contributed by atoms with van der Waals surface area (Å²) < 4.78 is 10.9. The first kappa shape index (κ1) is 20.7. The molecule has 3 aromatic rings. The maximum absolute atomic E-state index is 13.8. The van der Waals surface area contributed by atoms with Crippen LogP contribution in [0, 0.1) is 6.92 Å². The average Bonchev–Trinajstić information content (AvgIpc) is 3.23. The van der Waals surface area contributed by atoms with Gasteiger partial charge >= 0.3 is 0 Å². The highest BCUT2D eigenvalue weighted by molar-refractivity contribution is 5.99. The maximum atomic E-state index is 13.8. The third kappa shape index (κ3) is 4.33. The van der Waals surface area contributed by atoms with Crippen molar-refractivity contribution in [3.8, 4) is 17.2 Å². The van der Waals surface area contributed by atoms with Crippen molar-refractivity contribution in [1.82, 2.24) is 9.88 Å². The number of fused-ring (bicyclic) bond motifs is 1. The molecule has 0 spiro atoms. The van der Waals surface area contributed by atoms with Gasteiger partial charge in [0.25, 0.3) is 5.91 Å². The summed E-state index contributed by atoms with van der Waals surface area (Å²) in [7, 11) is 0. The number of aromatic hydroxyl groups is 1. The molecule has 0 saturated carbocycles. The first-order chi connectivity index (χ1) is 14.9. The molecule has 0 aliphatic carbocycles. The van der Waals surface area contributed by atoms with Crippen molar-refractivity contribution in [1.29, 1.82) is 0 Å². The zero-order valence-electron chi connectivity index (χ0n) is 18.0. The SMILES string of the molecule is Cc1ccc(C(C)C)c(C(=O)N(Cc2cccnc2)Cc2ccc3c(c2)OCO3)c1O. The van der Waals surface area contributed by atoms with E-state index in [-0.39, 0.29) is 24.4 Å². The van der Waals surface area contributed by atoms with Crippen molar-refractivity contribution in [3.05, 3.63) is 82.7 Å². The van der Waals surface area contributed by atoms with Crippen LogP contribution in [0.3, 0.4) is 0 Å². The van der Waals surface area contributed by atoms with Gasteiger partial charge in [0.05, 0.1) is 5.56 Å². The Morgan fingerprint density at radius 2 is 1.87 bits per heavy atom. The predicted molar refractivity (Wildman–Crippen MR) is 117 cm³/mol. The van der Waals surface area contributed by atoms with Crippen LogP contribution in [0.25, 0.3) is 0 Å². The van der Waals surface area contributed by atoms with E-state index in [2.05, 4.69) is 4.98 Å². The molecular formula is C25H26N2O4. The number of aryl methyl sites for hydroxylation is 1. The van der Waals surface area contributed by atoms with Crippen LogP contribution in [0.1, 0.15) is 52.4 Å². The van der Waals surface area contributed by atoms with E-state index in [9.17, 15) is 9.90 Å². The van der Waals surface area contributed by atoms with Crippen molar-refractivity contribution >= 4 is 5.91 Å². The van der Waals surface area contributed by atoms with Crippen molar-refractivity contribution in [2.75, 3.05) is 6.79 Å². The van der Waals surface area contributed by atoms with Crippen LogP contribution in [0.2, 0.25) is 0 Å². The van der Waals surface area contributed by atoms with Crippen LogP contribution in [0.5, 0.6) is 17.2 Å². The number of carbonyl (C=O) groups is 1. The number of hydrogen-bond acceptors (Lipinski definition) is 5. The van der Waals surface area contributed by atoms with Crippen LogP contribution in [-0.2, 0) is 13.1 Å². The molecule has 0 radical (unpaired) electrons. The van der Waals surface area contributed by atoms with E-state index in [1.807, 2.05) is 56.3 Å². The first-order valence-electron chi connectivity index (χ1n) is 10.3. The Hall–Kier alpha value is -3.54. The van der Waals surface area contributed by atoms with E-state index in [1.165, 1.54) is 0 Å². The normalized spacial score (nSPS) is 12.3. The predicted octanol–water partition coefficient (Wildman–Crippen LogP) is 4.79. The molecule has 4 rings (SSSR count). The van der Waals surface area contributed by atoms with E-state index in [1.54, 1.807) is 24.2 Å².